The molecule has 10 heteroatoms. The van der Waals surface area contributed by atoms with Crippen molar-refractivity contribution in [2.45, 2.75) is 18.4 Å². The van der Waals surface area contributed by atoms with E-state index in [-0.39, 0.29) is 18.2 Å². The summed E-state index contributed by atoms with van der Waals surface area (Å²) in [6.07, 6.45) is 2.97. The highest BCUT2D eigenvalue weighted by Gasteiger charge is 2.56. The molecule has 2 aliphatic rings. The quantitative estimate of drug-likeness (QED) is 0.664. The van der Waals surface area contributed by atoms with Crippen LogP contribution in [-0.4, -0.2) is 44.9 Å². The Morgan fingerprint density at radius 2 is 2.12 bits per heavy atom. The van der Waals surface area contributed by atoms with Crippen LogP contribution >= 0.6 is 11.6 Å². The van der Waals surface area contributed by atoms with Gasteiger partial charge in [0, 0.05) is 0 Å². The number of carbonyl (C=O) groups is 3. The van der Waals surface area contributed by atoms with E-state index in [9.17, 15) is 14.4 Å². The van der Waals surface area contributed by atoms with E-state index in [4.69, 9.17) is 11.6 Å². The highest BCUT2D eigenvalue weighted by molar-refractivity contribution is 6.32. The fourth-order valence-corrected chi connectivity index (χ4v) is 3.26. The number of hydrogen-bond donors (Lipinski definition) is 3. The van der Waals surface area contributed by atoms with Crippen LogP contribution in [0.1, 0.15) is 23.3 Å². The van der Waals surface area contributed by atoms with Crippen LogP contribution < -0.4 is 16.0 Å². The summed E-state index contributed by atoms with van der Waals surface area (Å²) in [6.45, 7) is -0.00692. The lowest BCUT2D eigenvalue weighted by Gasteiger charge is -2.25. The summed E-state index contributed by atoms with van der Waals surface area (Å²) in [5, 5.41) is 16.2. The summed E-state index contributed by atoms with van der Waals surface area (Å²) in [6, 6.07) is 6.44. The summed E-state index contributed by atoms with van der Waals surface area (Å²) in [7, 11) is 0. The van der Waals surface area contributed by atoms with Crippen LogP contribution in [0.5, 0.6) is 0 Å². The number of nitrogens with zero attached hydrogens (tertiary/aromatic N) is 3. The van der Waals surface area contributed by atoms with Crippen LogP contribution in [0.15, 0.2) is 30.5 Å². The minimum Gasteiger partial charge on any atom is -0.348 e. The Morgan fingerprint density at radius 3 is 2.77 bits per heavy atom. The predicted octanol–water partition coefficient (Wildman–Crippen LogP) is 0.639. The molecule has 1 aliphatic carbocycles. The van der Waals surface area contributed by atoms with Crippen LogP contribution in [-0.2, 0) is 4.79 Å². The monoisotopic (exact) mass is 374 g/mol. The van der Waals surface area contributed by atoms with E-state index in [2.05, 4.69) is 26.1 Å². The zero-order chi connectivity index (χ0) is 18.3. The molecule has 4 rings (SSSR count). The van der Waals surface area contributed by atoms with Crippen molar-refractivity contribution in [1.29, 1.82) is 0 Å². The second-order valence-electron chi connectivity index (χ2n) is 6.31. The maximum absolute atomic E-state index is 12.4. The van der Waals surface area contributed by atoms with Gasteiger partial charge >= 0.3 is 6.03 Å². The van der Waals surface area contributed by atoms with Crippen LogP contribution in [0.3, 0.4) is 0 Å². The van der Waals surface area contributed by atoms with E-state index in [0.717, 1.165) is 12.8 Å². The first kappa shape index (κ1) is 16.5. The van der Waals surface area contributed by atoms with Gasteiger partial charge in [-0.05, 0) is 30.9 Å². The van der Waals surface area contributed by atoms with E-state index in [1.54, 1.807) is 24.3 Å². The largest absolute Gasteiger partial charge is 0.348 e. The van der Waals surface area contributed by atoms with E-state index in [1.807, 2.05) is 0 Å². The van der Waals surface area contributed by atoms with Gasteiger partial charge in [-0.25, -0.2) is 4.79 Å². The molecule has 2 heterocycles. The van der Waals surface area contributed by atoms with E-state index < -0.39 is 23.4 Å². The summed E-state index contributed by atoms with van der Waals surface area (Å²) < 4.78 is 0. The number of hydrogen-bond acceptors (Lipinski definition) is 5. The average Bonchev–Trinajstić information content (AvgIpc) is 3.28. The maximum atomic E-state index is 12.4. The van der Waals surface area contributed by atoms with Crippen LogP contribution in [0.4, 0.5) is 4.79 Å². The molecule has 0 spiro atoms. The molecular weight excluding hydrogens is 360 g/mol. The van der Waals surface area contributed by atoms with Crippen molar-refractivity contribution in [3.63, 3.8) is 0 Å². The van der Waals surface area contributed by atoms with Gasteiger partial charge in [-0.3, -0.25) is 14.9 Å². The zero-order valence-corrected chi connectivity index (χ0v) is 14.3. The van der Waals surface area contributed by atoms with Gasteiger partial charge in [-0.1, -0.05) is 23.7 Å². The standard InChI is InChI=1S/C16H15ClN6O3/c17-10-3-1-2-4-12(10)23-19-7-11(22-23)13(24)18-8-16(9-5-6-9)14(25)20-15(26)21-16/h1-4,7,9H,5-6,8H2,(H,18,24)(H2,20,21,25,26)/t16-/m0/s1. The number of para-hydroxylation sites is 1. The first-order valence-electron chi connectivity index (χ1n) is 8.09. The van der Waals surface area contributed by atoms with Crippen molar-refractivity contribution in [3.8, 4) is 5.69 Å². The SMILES string of the molecule is O=C1NC(=O)[C@](CNC(=O)c2cnn(-c3ccccc3Cl)n2)(C2CC2)N1. The summed E-state index contributed by atoms with van der Waals surface area (Å²) in [5.41, 5.74) is -0.462. The van der Waals surface area contributed by atoms with E-state index in [1.165, 1.54) is 11.0 Å². The summed E-state index contributed by atoms with van der Waals surface area (Å²) >= 11 is 6.10. The Morgan fingerprint density at radius 1 is 1.35 bits per heavy atom. The van der Waals surface area contributed by atoms with Gasteiger partial charge in [0.05, 0.1) is 17.8 Å². The fourth-order valence-electron chi connectivity index (χ4n) is 3.05. The first-order chi connectivity index (χ1) is 12.5. The molecular formula is C16H15ClN6O3. The fraction of sp³-hybridized carbons (Fsp3) is 0.312. The molecule has 3 N–H and O–H groups in total. The number of aromatic nitrogens is 3. The van der Waals surface area contributed by atoms with Gasteiger partial charge in [0.25, 0.3) is 11.8 Å². The molecule has 4 amide bonds. The maximum Gasteiger partial charge on any atom is 0.322 e. The van der Waals surface area contributed by atoms with Crippen molar-refractivity contribution in [2.24, 2.45) is 5.92 Å². The Hall–Kier alpha value is -2.94. The van der Waals surface area contributed by atoms with Gasteiger partial charge in [0.1, 0.15) is 11.2 Å². The van der Waals surface area contributed by atoms with Gasteiger partial charge < -0.3 is 10.6 Å². The Kier molecular flexibility index (Phi) is 3.87. The van der Waals surface area contributed by atoms with E-state index >= 15 is 0 Å². The van der Waals surface area contributed by atoms with Crippen LogP contribution in [0.25, 0.3) is 5.69 Å². The lowest BCUT2D eigenvalue weighted by Crippen LogP contribution is -2.57. The van der Waals surface area contributed by atoms with Gasteiger partial charge in [-0.15, -0.1) is 9.90 Å². The van der Waals surface area contributed by atoms with Crippen LogP contribution in [0.2, 0.25) is 5.02 Å². The van der Waals surface area contributed by atoms with Gasteiger partial charge in [0.15, 0.2) is 5.69 Å². The highest BCUT2D eigenvalue weighted by atomic mass is 35.5. The molecule has 1 atom stereocenters. The number of urea groups is 1. The first-order valence-corrected chi connectivity index (χ1v) is 8.46. The molecule has 0 radical (unpaired) electrons. The lowest BCUT2D eigenvalue weighted by atomic mass is 9.93. The second-order valence-corrected chi connectivity index (χ2v) is 6.71. The second kappa shape index (κ2) is 6.10. The molecule has 0 bridgehead atoms. The Labute approximate surface area is 153 Å². The third kappa shape index (κ3) is 2.80. The number of rotatable bonds is 5. The van der Waals surface area contributed by atoms with Crippen LogP contribution in [0, 0.1) is 5.92 Å². The number of amides is 4. The molecule has 2 fully saturated rings. The van der Waals surface area contributed by atoms with Crippen molar-refractivity contribution >= 4 is 29.4 Å². The van der Waals surface area contributed by atoms with Crippen molar-refractivity contribution in [1.82, 2.24) is 30.9 Å². The predicted molar refractivity (Wildman–Crippen MR) is 90.8 cm³/mol. The number of halogens is 1. The normalized spacial score (nSPS) is 22.0. The molecule has 0 unspecified atom stereocenters. The number of imide groups is 1. The molecule has 1 saturated heterocycles. The minimum absolute atomic E-state index is 0.00692. The van der Waals surface area contributed by atoms with Gasteiger partial charge in [-0.2, -0.15) is 5.10 Å². The molecule has 134 valence electrons. The Bertz CT molecular complexity index is 909. The van der Waals surface area contributed by atoms with Crippen molar-refractivity contribution in [3.05, 3.63) is 41.2 Å². The topological polar surface area (TPSA) is 118 Å². The summed E-state index contributed by atoms with van der Waals surface area (Å²) in [5.74, 6) is -0.879. The zero-order valence-electron chi connectivity index (χ0n) is 13.5. The molecule has 1 aromatic carbocycles. The van der Waals surface area contributed by atoms with Crippen molar-refractivity contribution < 1.29 is 14.4 Å². The van der Waals surface area contributed by atoms with Gasteiger partial charge in [0.2, 0.25) is 0 Å². The molecule has 1 aromatic heterocycles. The van der Waals surface area contributed by atoms with Crippen molar-refractivity contribution in [2.75, 3.05) is 6.54 Å². The third-order valence-corrected chi connectivity index (χ3v) is 4.88. The molecule has 26 heavy (non-hydrogen) atoms. The Balaban J connectivity index is 1.48. The number of benzene rings is 1. The third-order valence-electron chi connectivity index (χ3n) is 4.56. The lowest BCUT2D eigenvalue weighted by molar-refractivity contribution is -0.124. The molecule has 1 saturated carbocycles. The summed E-state index contributed by atoms with van der Waals surface area (Å²) in [4.78, 5) is 37.3. The molecule has 1 aliphatic heterocycles. The average molecular weight is 375 g/mol. The smallest absolute Gasteiger partial charge is 0.322 e. The number of nitrogens with one attached hydrogen (secondary N) is 3. The minimum atomic E-state index is -1.09. The highest BCUT2D eigenvalue weighted by Crippen LogP contribution is 2.41. The number of carbonyl (C=O) groups excluding carboxylic acids is 3. The molecule has 9 nitrogen and oxygen atoms in total. The van der Waals surface area contributed by atoms with E-state index in [0.29, 0.717) is 10.7 Å². The molecule has 2 aromatic rings.